The molecular formula is C9H14N2O2S. The van der Waals surface area contributed by atoms with Crippen molar-refractivity contribution in [3.63, 3.8) is 0 Å². The second kappa shape index (κ2) is 3.84. The molecule has 0 unspecified atom stereocenters. The highest BCUT2D eigenvalue weighted by atomic mass is 32.1. The van der Waals surface area contributed by atoms with E-state index in [0.29, 0.717) is 0 Å². The van der Waals surface area contributed by atoms with Gasteiger partial charge in [0.1, 0.15) is 0 Å². The van der Waals surface area contributed by atoms with Crippen LogP contribution in [-0.4, -0.2) is 24.7 Å². The minimum atomic E-state index is 0.0139. The lowest BCUT2D eigenvalue weighted by molar-refractivity contribution is -0.0991. The van der Waals surface area contributed by atoms with Gasteiger partial charge in [-0.25, -0.2) is 0 Å². The zero-order valence-corrected chi connectivity index (χ0v) is 8.95. The molecular weight excluding hydrogens is 200 g/mol. The summed E-state index contributed by atoms with van der Waals surface area (Å²) in [7, 11) is 0. The summed E-state index contributed by atoms with van der Waals surface area (Å²) in [5, 5.41) is 5.17. The highest BCUT2D eigenvalue weighted by Crippen LogP contribution is 2.25. The van der Waals surface area contributed by atoms with Gasteiger partial charge in [-0.2, -0.15) is 0 Å². The van der Waals surface area contributed by atoms with Crippen LogP contribution < -0.4 is 10.2 Å². The van der Waals surface area contributed by atoms with Gasteiger partial charge in [0, 0.05) is 29.6 Å². The van der Waals surface area contributed by atoms with E-state index in [1.165, 1.54) is 11.3 Å². The maximum atomic E-state index is 10.8. The van der Waals surface area contributed by atoms with Crippen LogP contribution in [0.1, 0.15) is 12.6 Å². The second-order valence-electron chi connectivity index (χ2n) is 4.08. The van der Waals surface area contributed by atoms with Crippen LogP contribution in [-0.2, 0) is 11.3 Å². The normalized spacial score (nSPS) is 19.2. The summed E-state index contributed by atoms with van der Waals surface area (Å²) in [6, 6.07) is 0. The number of H-pyrrole nitrogens is 1. The summed E-state index contributed by atoms with van der Waals surface area (Å²) in [6.07, 6.45) is 0. The standard InChI is InChI=1S/C9H14N2O2S/c1-9(5-13-6-9)4-10-2-7-3-14-8(12)11-7/h3,10H,2,4-6H2,1H3,(H,11,12). The van der Waals surface area contributed by atoms with Crippen molar-refractivity contribution in [1.82, 2.24) is 10.3 Å². The molecule has 78 valence electrons. The summed E-state index contributed by atoms with van der Waals surface area (Å²) >= 11 is 1.21. The molecule has 0 bridgehead atoms. The van der Waals surface area contributed by atoms with Gasteiger partial charge in [0.05, 0.1) is 13.2 Å². The third-order valence-corrected chi connectivity index (χ3v) is 3.06. The number of aromatic amines is 1. The smallest absolute Gasteiger partial charge is 0.304 e. The number of hydrogen-bond donors (Lipinski definition) is 2. The largest absolute Gasteiger partial charge is 0.380 e. The van der Waals surface area contributed by atoms with Crippen LogP contribution in [0.15, 0.2) is 10.2 Å². The average molecular weight is 214 g/mol. The second-order valence-corrected chi connectivity index (χ2v) is 4.92. The fourth-order valence-electron chi connectivity index (χ4n) is 1.45. The molecule has 0 radical (unpaired) electrons. The maximum absolute atomic E-state index is 10.8. The first kappa shape index (κ1) is 9.89. The van der Waals surface area contributed by atoms with Crippen molar-refractivity contribution in [3.05, 3.63) is 20.7 Å². The number of ether oxygens (including phenoxy) is 1. The van der Waals surface area contributed by atoms with Crippen molar-refractivity contribution in [2.24, 2.45) is 5.41 Å². The van der Waals surface area contributed by atoms with Crippen LogP contribution in [0.5, 0.6) is 0 Å². The van der Waals surface area contributed by atoms with E-state index in [-0.39, 0.29) is 10.3 Å². The van der Waals surface area contributed by atoms with E-state index in [2.05, 4.69) is 17.2 Å². The van der Waals surface area contributed by atoms with E-state index in [1.54, 1.807) is 0 Å². The Bertz CT molecular complexity index is 354. The molecule has 14 heavy (non-hydrogen) atoms. The van der Waals surface area contributed by atoms with E-state index >= 15 is 0 Å². The molecule has 0 aliphatic carbocycles. The van der Waals surface area contributed by atoms with Crippen LogP contribution in [0.2, 0.25) is 0 Å². The predicted molar refractivity (Wildman–Crippen MR) is 55.6 cm³/mol. The Morgan fingerprint density at radius 2 is 2.50 bits per heavy atom. The van der Waals surface area contributed by atoms with Gasteiger partial charge in [-0.15, -0.1) is 0 Å². The molecule has 0 spiro atoms. The quantitative estimate of drug-likeness (QED) is 0.770. The maximum Gasteiger partial charge on any atom is 0.304 e. The SMILES string of the molecule is CC1(CNCc2csc(=O)[nH]2)COC1. The zero-order chi connectivity index (χ0) is 10.0. The Balaban J connectivity index is 1.75. The molecule has 0 saturated carbocycles. The van der Waals surface area contributed by atoms with Crippen molar-refractivity contribution >= 4 is 11.3 Å². The fourth-order valence-corrected chi connectivity index (χ4v) is 2.03. The summed E-state index contributed by atoms with van der Waals surface area (Å²) in [4.78, 5) is 13.6. The minimum Gasteiger partial charge on any atom is -0.380 e. The third-order valence-electron chi connectivity index (χ3n) is 2.34. The summed E-state index contributed by atoms with van der Waals surface area (Å²) in [6.45, 7) is 5.53. The lowest BCUT2D eigenvalue weighted by Crippen LogP contribution is -2.47. The van der Waals surface area contributed by atoms with E-state index < -0.39 is 0 Å². The number of thiazole rings is 1. The van der Waals surface area contributed by atoms with Crippen LogP contribution in [0.25, 0.3) is 0 Å². The minimum absolute atomic E-state index is 0.0139. The first-order valence-electron chi connectivity index (χ1n) is 4.63. The summed E-state index contributed by atoms with van der Waals surface area (Å²) in [5.41, 5.74) is 1.25. The van der Waals surface area contributed by atoms with Crippen LogP contribution >= 0.6 is 11.3 Å². The highest BCUT2D eigenvalue weighted by Gasteiger charge is 2.32. The number of aromatic nitrogens is 1. The Kier molecular flexibility index (Phi) is 2.71. The van der Waals surface area contributed by atoms with Gasteiger partial charge in [-0.05, 0) is 0 Å². The monoisotopic (exact) mass is 214 g/mol. The number of rotatable bonds is 4. The molecule has 2 N–H and O–H groups in total. The molecule has 0 aromatic carbocycles. The molecule has 1 aliphatic heterocycles. The first-order valence-corrected chi connectivity index (χ1v) is 5.51. The van der Waals surface area contributed by atoms with Gasteiger partial charge in [-0.3, -0.25) is 4.79 Å². The van der Waals surface area contributed by atoms with Crippen molar-refractivity contribution in [3.8, 4) is 0 Å². The predicted octanol–water partition coefficient (Wildman–Crippen LogP) is 0.562. The van der Waals surface area contributed by atoms with Gasteiger partial charge >= 0.3 is 4.87 Å². The number of hydrogen-bond acceptors (Lipinski definition) is 4. The fraction of sp³-hybridized carbons (Fsp3) is 0.667. The molecule has 1 aromatic heterocycles. The van der Waals surface area contributed by atoms with Crippen molar-refractivity contribution < 1.29 is 4.74 Å². The van der Waals surface area contributed by atoms with Crippen LogP contribution in [0, 0.1) is 5.41 Å². The van der Waals surface area contributed by atoms with Gasteiger partial charge in [0.15, 0.2) is 0 Å². The average Bonchev–Trinajstić information content (AvgIpc) is 2.49. The molecule has 4 nitrogen and oxygen atoms in total. The topological polar surface area (TPSA) is 54.1 Å². The molecule has 2 rings (SSSR count). The molecule has 1 aliphatic rings. The van der Waals surface area contributed by atoms with Gasteiger partial charge in [0.2, 0.25) is 0 Å². The Morgan fingerprint density at radius 3 is 3.00 bits per heavy atom. The highest BCUT2D eigenvalue weighted by molar-refractivity contribution is 7.07. The Labute approximate surface area is 86.3 Å². The molecule has 0 atom stereocenters. The summed E-state index contributed by atoms with van der Waals surface area (Å²) in [5.74, 6) is 0. The first-order chi connectivity index (χ1) is 6.68. The van der Waals surface area contributed by atoms with Crippen molar-refractivity contribution in [1.29, 1.82) is 0 Å². The molecule has 5 heteroatoms. The Morgan fingerprint density at radius 1 is 1.71 bits per heavy atom. The van der Waals surface area contributed by atoms with E-state index in [9.17, 15) is 4.79 Å². The van der Waals surface area contributed by atoms with Crippen LogP contribution in [0.3, 0.4) is 0 Å². The molecule has 1 aromatic rings. The van der Waals surface area contributed by atoms with E-state index in [4.69, 9.17) is 4.74 Å². The Hall–Kier alpha value is -0.650. The van der Waals surface area contributed by atoms with E-state index in [1.807, 2.05) is 5.38 Å². The van der Waals surface area contributed by atoms with Crippen LogP contribution in [0.4, 0.5) is 0 Å². The summed E-state index contributed by atoms with van der Waals surface area (Å²) < 4.78 is 5.15. The van der Waals surface area contributed by atoms with Crippen molar-refractivity contribution in [2.45, 2.75) is 13.5 Å². The zero-order valence-electron chi connectivity index (χ0n) is 8.13. The molecule has 1 fully saturated rings. The number of nitrogens with one attached hydrogen (secondary N) is 2. The van der Waals surface area contributed by atoms with Gasteiger partial charge < -0.3 is 15.0 Å². The van der Waals surface area contributed by atoms with Gasteiger partial charge in [0.25, 0.3) is 0 Å². The third kappa shape index (κ3) is 2.23. The molecule has 2 heterocycles. The van der Waals surface area contributed by atoms with E-state index in [0.717, 1.165) is 32.0 Å². The lowest BCUT2D eigenvalue weighted by atomic mass is 9.89. The van der Waals surface area contributed by atoms with Crippen molar-refractivity contribution in [2.75, 3.05) is 19.8 Å². The van der Waals surface area contributed by atoms with Gasteiger partial charge in [-0.1, -0.05) is 18.3 Å². The molecule has 0 amide bonds. The lowest BCUT2D eigenvalue weighted by Gasteiger charge is -2.38. The molecule has 1 saturated heterocycles.